The van der Waals surface area contributed by atoms with Crippen LogP contribution in [0.3, 0.4) is 0 Å². The van der Waals surface area contributed by atoms with E-state index in [4.69, 9.17) is 5.73 Å². The van der Waals surface area contributed by atoms with Gasteiger partial charge < -0.3 is 5.73 Å². The van der Waals surface area contributed by atoms with Crippen LogP contribution in [0, 0.1) is 5.92 Å². The molecule has 17 heavy (non-hydrogen) atoms. The molecular formula is C10H20N4O2S. The highest BCUT2D eigenvalue weighted by Gasteiger charge is 2.30. The number of hydrogen-bond acceptors (Lipinski definition) is 4. The molecule has 1 aromatic rings. The monoisotopic (exact) mass is 260 g/mol. The standard InChI is InChI=1S/C10H20N4O2S/c1-7(2)8(3)14(5)17(15,16)9-6-13(4)12-10(9)11/h6-8H,1-5H3,(H2,11,12). The third kappa shape index (κ3) is 2.61. The van der Waals surface area contributed by atoms with E-state index in [0.29, 0.717) is 0 Å². The van der Waals surface area contributed by atoms with Gasteiger partial charge in [0, 0.05) is 26.3 Å². The second-order valence-corrected chi connectivity index (χ2v) is 6.52. The maximum absolute atomic E-state index is 12.3. The molecule has 1 rings (SSSR count). The summed E-state index contributed by atoms with van der Waals surface area (Å²) in [5.41, 5.74) is 5.60. The zero-order valence-electron chi connectivity index (χ0n) is 10.9. The van der Waals surface area contributed by atoms with Crippen LogP contribution in [-0.2, 0) is 17.1 Å². The summed E-state index contributed by atoms with van der Waals surface area (Å²) in [6.45, 7) is 5.82. The Morgan fingerprint density at radius 1 is 1.41 bits per heavy atom. The lowest BCUT2D eigenvalue weighted by atomic mass is 10.1. The molecule has 1 heterocycles. The van der Waals surface area contributed by atoms with Crippen molar-refractivity contribution in [2.24, 2.45) is 13.0 Å². The largest absolute Gasteiger partial charge is 0.381 e. The van der Waals surface area contributed by atoms with E-state index in [-0.39, 0.29) is 22.7 Å². The third-order valence-electron chi connectivity index (χ3n) is 3.02. The lowest BCUT2D eigenvalue weighted by Crippen LogP contribution is -2.38. The molecule has 0 saturated heterocycles. The summed E-state index contributed by atoms with van der Waals surface area (Å²) in [7, 11) is -0.366. The number of hydrogen-bond donors (Lipinski definition) is 1. The van der Waals surface area contributed by atoms with E-state index in [1.807, 2.05) is 20.8 Å². The molecule has 7 heteroatoms. The van der Waals surface area contributed by atoms with Gasteiger partial charge in [-0.25, -0.2) is 8.42 Å². The predicted molar refractivity (Wildman–Crippen MR) is 66.9 cm³/mol. The lowest BCUT2D eigenvalue weighted by Gasteiger charge is -2.26. The van der Waals surface area contributed by atoms with Crippen LogP contribution in [0.15, 0.2) is 11.1 Å². The maximum Gasteiger partial charge on any atom is 0.248 e. The van der Waals surface area contributed by atoms with Crippen molar-refractivity contribution in [3.8, 4) is 0 Å². The van der Waals surface area contributed by atoms with Gasteiger partial charge in [-0.1, -0.05) is 13.8 Å². The van der Waals surface area contributed by atoms with Crippen LogP contribution in [0.25, 0.3) is 0 Å². The Bertz CT molecular complexity index is 492. The summed E-state index contributed by atoms with van der Waals surface area (Å²) in [6.07, 6.45) is 1.42. The van der Waals surface area contributed by atoms with Crippen LogP contribution >= 0.6 is 0 Å². The first kappa shape index (κ1) is 14.0. The number of aromatic nitrogens is 2. The second kappa shape index (κ2) is 4.66. The van der Waals surface area contributed by atoms with E-state index in [9.17, 15) is 8.42 Å². The van der Waals surface area contributed by atoms with Gasteiger partial charge in [-0.15, -0.1) is 0 Å². The second-order valence-electron chi connectivity index (χ2n) is 4.56. The van der Waals surface area contributed by atoms with Crippen LogP contribution in [0.2, 0.25) is 0 Å². The molecule has 0 bridgehead atoms. The van der Waals surface area contributed by atoms with E-state index >= 15 is 0 Å². The number of anilines is 1. The summed E-state index contributed by atoms with van der Waals surface area (Å²) in [5.74, 6) is 0.267. The highest BCUT2D eigenvalue weighted by atomic mass is 32.2. The average molecular weight is 260 g/mol. The van der Waals surface area contributed by atoms with Gasteiger partial charge in [0.05, 0.1) is 0 Å². The number of sulfonamides is 1. The summed E-state index contributed by atoms with van der Waals surface area (Å²) in [4.78, 5) is 0.0648. The molecule has 0 amide bonds. The van der Waals surface area contributed by atoms with E-state index < -0.39 is 10.0 Å². The van der Waals surface area contributed by atoms with Crippen molar-refractivity contribution in [1.82, 2.24) is 14.1 Å². The minimum Gasteiger partial charge on any atom is -0.381 e. The summed E-state index contributed by atoms with van der Waals surface area (Å²) >= 11 is 0. The Morgan fingerprint density at radius 2 is 1.94 bits per heavy atom. The molecule has 0 aliphatic carbocycles. The predicted octanol–water partition coefficient (Wildman–Crippen LogP) is 0.667. The fourth-order valence-electron chi connectivity index (χ4n) is 1.48. The Kier molecular flexibility index (Phi) is 3.83. The quantitative estimate of drug-likeness (QED) is 0.862. The van der Waals surface area contributed by atoms with E-state index in [1.54, 1.807) is 14.1 Å². The topological polar surface area (TPSA) is 81.2 Å². The van der Waals surface area contributed by atoms with Crippen molar-refractivity contribution in [2.45, 2.75) is 31.7 Å². The molecule has 0 spiro atoms. The van der Waals surface area contributed by atoms with Crippen molar-refractivity contribution in [1.29, 1.82) is 0 Å². The minimum absolute atomic E-state index is 0.0373. The molecule has 0 saturated carbocycles. The van der Waals surface area contributed by atoms with Crippen molar-refractivity contribution in [3.05, 3.63) is 6.20 Å². The Balaban J connectivity index is 3.16. The van der Waals surface area contributed by atoms with Crippen molar-refractivity contribution in [2.75, 3.05) is 12.8 Å². The van der Waals surface area contributed by atoms with Crippen LogP contribution in [0.4, 0.5) is 5.82 Å². The Morgan fingerprint density at radius 3 is 2.29 bits per heavy atom. The number of nitrogens with zero attached hydrogens (tertiary/aromatic N) is 3. The molecule has 1 aromatic heterocycles. The number of nitrogens with two attached hydrogens (primary N) is 1. The molecule has 0 fully saturated rings. The number of rotatable bonds is 4. The smallest absolute Gasteiger partial charge is 0.248 e. The Hall–Kier alpha value is -1.08. The van der Waals surface area contributed by atoms with Crippen molar-refractivity contribution in [3.63, 3.8) is 0 Å². The maximum atomic E-state index is 12.3. The zero-order chi connectivity index (χ0) is 13.4. The van der Waals surface area contributed by atoms with Crippen LogP contribution in [-0.4, -0.2) is 35.6 Å². The van der Waals surface area contributed by atoms with Crippen molar-refractivity contribution < 1.29 is 8.42 Å². The summed E-state index contributed by atoms with van der Waals surface area (Å²) in [6, 6.07) is -0.0976. The molecule has 0 aromatic carbocycles. The minimum atomic E-state index is -3.57. The SMILES string of the molecule is CC(C)C(C)N(C)S(=O)(=O)c1cn(C)nc1N. The fourth-order valence-corrected chi connectivity index (χ4v) is 3.06. The van der Waals surface area contributed by atoms with E-state index in [1.165, 1.54) is 15.2 Å². The van der Waals surface area contributed by atoms with Gasteiger partial charge in [-0.2, -0.15) is 9.40 Å². The van der Waals surface area contributed by atoms with Gasteiger partial charge in [0.2, 0.25) is 10.0 Å². The molecule has 6 nitrogen and oxygen atoms in total. The number of nitrogen functional groups attached to an aromatic ring is 1. The highest BCUT2D eigenvalue weighted by molar-refractivity contribution is 7.89. The molecule has 2 N–H and O–H groups in total. The first-order chi connectivity index (χ1) is 7.67. The zero-order valence-corrected chi connectivity index (χ0v) is 11.7. The third-order valence-corrected chi connectivity index (χ3v) is 4.98. The summed E-state index contributed by atoms with van der Waals surface area (Å²) < 4.78 is 27.3. The molecule has 0 aliphatic rings. The molecule has 98 valence electrons. The van der Waals surface area contributed by atoms with Gasteiger partial charge in [0.25, 0.3) is 0 Å². The average Bonchev–Trinajstić information content (AvgIpc) is 2.56. The van der Waals surface area contributed by atoms with Crippen molar-refractivity contribution >= 4 is 15.8 Å². The summed E-state index contributed by atoms with van der Waals surface area (Å²) in [5, 5.41) is 3.85. The van der Waals surface area contributed by atoms with Crippen LogP contribution in [0.5, 0.6) is 0 Å². The van der Waals surface area contributed by atoms with Crippen LogP contribution in [0.1, 0.15) is 20.8 Å². The first-order valence-electron chi connectivity index (χ1n) is 5.45. The first-order valence-corrected chi connectivity index (χ1v) is 6.89. The normalized spacial score (nSPS) is 14.5. The molecular weight excluding hydrogens is 240 g/mol. The lowest BCUT2D eigenvalue weighted by molar-refractivity contribution is 0.316. The van der Waals surface area contributed by atoms with Crippen LogP contribution < -0.4 is 5.73 Å². The van der Waals surface area contributed by atoms with Gasteiger partial charge >= 0.3 is 0 Å². The van der Waals surface area contributed by atoms with Gasteiger partial charge in [-0.05, 0) is 12.8 Å². The molecule has 1 atom stereocenters. The van der Waals surface area contributed by atoms with E-state index in [0.717, 1.165) is 0 Å². The van der Waals surface area contributed by atoms with Gasteiger partial charge in [-0.3, -0.25) is 4.68 Å². The number of aryl methyl sites for hydroxylation is 1. The fraction of sp³-hybridized carbons (Fsp3) is 0.700. The van der Waals surface area contributed by atoms with E-state index in [2.05, 4.69) is 5.10 Å². The molecule has 1 unspecified atom stereocenters. The van der Waals surface area contributed by atoms with Gasteiger partial charge in [0.1, 0.15) is 4.90 Å². The molecule has 0 radical (unpaired) electrons. The highest BCUT2D eigenvalue weighted by Crippen LogP contribution is 2.23. The Labute approximate surface area is 102 Å². The molecule has 0 aliphatic heterocycles. The van der Waals surface area contributed by atoms with Gasteiger partial charge in [0.15, 0.2) is 5.82 Å².